The van der Waals surface area contributed by atoms with Crippen molar-refractivity contribution in [3.05, 3.63) is 34.2 Å². The van der Waals surface area contributed by atoms with Crippen LogP contribution in [0.1, 0.15) is 0 Å². The van der Waals surface area contributed by atoms with E-state index in [0.717, 1.165) is 39.3 Å². The molecule has 0 amide bonds. The van der Waals surface area contributed by atoms with E-state index in [1.165, 1.54) is 4.68 Å². The zero-order chi connectivity index (χ0) is 15.2. The van der Waals surface area contributed by atoms with Crippen molar-refractivity contribution in [2.45, 2.75) is 6.54 Å². The summed E-state index contributed by atoms with van der Waals surface area (Å²) in [4.78, 5) is 16.4. The quantitative estimate of drug-likeness (QED) is 0.772. The molecule has 1 aliphatic rings. The minimum Gasteiger partial charge on any atom is -0.371 e. The van der Waals surface area contributed by atoms with Crippen LogP contribution in [0.5, 0.6) is 0 Å². The molecule has 1 saturated heterocycles. The maximum Gasteiger partial charge on any atom is 0.287 e. The van der Waals surface area contributed by atoms with E-state index in [-0.39, 0.29) is 10.6 Å². The number of hydrogen-bond donors (Lipinski definition) is 1. The van der Waals surface area contributed by atoms with E-state index in [9.17, 15) is 4.79 Å². The van der Waals surface area contributed by atoms with Gasteiger partial charge in [-0.3, -0.25) is 9.69 Å². The summed E-state index contributed by atoms with van der Waals surface area (Å²) in [6, 6.07) is 0. The topological polar surface area (TPSA) is 53.4 Å². The Bertz CT molecular complexity index is 539. The van der Waals surface area contributed by atoms with Gasteiger partial charge in [0, 0.05) is 46.3 Å². The second-order valence-electron chi connectivity index (χ2n) is 5.13. The number of nitrogens with one attached hydrogen (secondary N) is 1. The van der Waals surface area contributed by atoms with E-state index in [0.29, 0.717) is 12.2 Å². The van der Waals surface area contributed by atoms with Gasteiger partial charge >= 0.3 is 0 Å². The average Bonchev–Trinajstić information content (AvgIpc) is 2.51. The van der Waals surface area contributed by atoms with Gasteiger partial charge in [-0.1, -0.05) is 17.7 Å². The van der Waals surface area contributed by atoms with E-state index < -0.39 is 0 Å². The Morgan fingerprint density at radius 1 is 1.52 bits per heavy atom. The van der Waals surface area contributed by atoms with Crippen LogP contribution in [0.2, 0.25) is 5.02 Å². The maximum absolute atomic E-state index is 12.1. The Hall–Kier alpha value is -1.37. The van der Waals surface area contributed by atoms with Gasteiger partial charge in [0.15, 0.2) is 0 Å². The fraction of sp³-hybridized carbons (Fsp3) is 0.571. The minimum atomic E-state index is -0.275. The number of hydrogen-bond acceptors (Lipinski definition) is 5. The summed E-state index contributed by atoms with van der Waals surface area (Å²) in [6.45, 7) is 9.90. The van der Waals surface area contributed by atoms with Crippen LogP contribution in [0, 0.1) is 0 Å². The molecule has 0 saturated carbocycles. The summed E-state index contributed by atoms with van der Waals surface area (Å²) in [7, 11) is 1.93. The zero-order valence-corrected chi connectivity index (χ0v) is 13.1. The summed E-state index contributed by atoms with van der Waals surface area (Å²) in [5.74, 6) is 0. The van der Waals surface area contributed by atoms with Gasteiger partial charge in [0.1, 0.15) is 5.02 Å². The molecule has 0 aromatic carbocycles. The number of allylic oxidation sites excluding steroid dienone is 1. The normalized spacial score (nSPS) is 15.9. The zero-order valence-electron chi connectivity index (χ0n) is 12.4. The van der Waals surface area contributed by atoms with Gasteiger partial charge in [-0.05, 0) is 0 Å². The Labute approximate surface area is 130 Å². The van der Waals surface area contributed by atoms with Gasteiger partial charge in [0.25, 0.3) is 5.56 Å². The lowest BCUT2D eigenvalue weighted by Gasteiger charge is -2.29. The summed E-state index contributed by atoms with van der Waals surface area (Å²) in [5, 5.41) is 7.68. The smallest absolute Gasteiger partial charge is 0.287 e. The number of anilines is 1. The molecule has 0 bridgehead atoms. The van der Waals surface area contributed by atoms with E-state index in [4.69, 9.17) is 11.6 Å². The fourth-order valence-electron chi connectivity index (χ4n) is 2.32. The first-order chi connectivity index (χ1) is 10.1. The van der Waals surface area contributed by atoms with E-state index in [1.807, 2.05) is 11.9 Å². The Kier molecular flexibility index (Phi) is 5.78. The van der Waals surface area contributed by atoms with Crippen molar-refractivity contribution < 1.29 is 0 Å². The molecule has 1 aromatic rings. The first kappa shape index (κ1) is 16.0. The van der Waals surface area contributed by atoms with E-state index in [2.05, 4.69) is 21.9 Å². The molecule has 1 N–H and O–H groups in total. The van der Waals surface area contributed by atoms with E-state index >= 15 is 0 Å². The minimum absolute atomic E-state index is 0.217. The van der Waals surface area contributed by atoms with Crippen molar-refractivity contribution in [2.75, 3.05) is 51.2 Å². The van der Waals surface area contributed by atoms with Gasteiger partial charge in [0.2, 0.25) is 0 Å². The van der Waals surface area contributed by atoms with Crippen LogP contribution in [0.15, 0.2) is 23.6 Å². The molecule has 1 aromatic heterocycles. The monoisotopic (exact) mass is 311 g/mol. The molecule has 0 spiro atoms. The molecule has 2 heterocycles. The number of aromatic nitrogens is 2. The molecule has 1 fully saturated rings. The van der Waals surface area contributed by atoms with Gasteiger partial charge in [-0.25, -0.2) is 4.68 Å². The first-order valence-electron chi connectivity index (χ1n) is 7.14. The van der Waals surface area contributed by atoms with Crippen molar-refractivity contribution in [1.82, 2.24) is 20.0 Å². The molecular weight excluding hydrogens is 290 g/mol. The molecule has 116 valence electrons. The molecule has 0 atom stereocenters. The van der Waals surface area contributed by atoms with Crippen molar-refractivity contribution in [3.63, 3.8) is 0 Å². The van der Waals surface area contributed by atoms with Crippen molar-refractivity contribution in [3.8, 4) is 0 Å². The van der Waals surface area contributed by atoms with Crippen LogP contribution in [0.3, 0.4) is 0 Å². The third-order valence-electron chi connectivity index (χ3n) is 3.64. The molecule has 7 heteroatoms. The predicted octanol–water partition coefficient (Wildman–Crippen LogP) is 0.424. The maximum atomic E-state index is 12.1. The van der Waals surface area contributed by atoms with Gasteiger partial charge in [-0.15, -0.1) is 6.58 Å². The number of rotatable bonds is 6. The molecule has 2 rings (SSSR count). The van der Waals surface area contributed by atoms with Gasteiger partial charge in [-0.2, -0.15) is 5.10 Å². The van der Waals surface area contributed by atoms with Crippen LogP contribution in [-0.2, 0) is 6.54 Å². The lowest BCUT2D eigenvalue weighted by molar-refractivity contribution is 0.246. The Balaban J connectivity index is 2.01. The summed E-state index contributed by atoms with van der Waals surface area (Å²) >= 11 is 6.18. The third kappa shape index (κ3) is 4.06. The van der Waals surface area contributed by atoms with Gasteiger partial charge < -0.3 is 10.2 Å². The molecule has 0 radical (unpaired) electrons. The summed E-state index contributed by atoms with van der Waals surface area (Å²) < 4.78 is 1.31. The largest absolute Gasteiger partial charge is 0.371 e. The number of likely N-dealkylation sites (N-methyl/N-ethyl adjacent to an activating group) is 1. The number of piperazine rings is 1. The molecular formula is C14H22ClN5O. The Morgan fingerprint density at radius 2 is 2.24 bits per heavy atom. The van der Waals surface area contributed by atoms with Crippen LogP contribution >= 0.6 is 11.6 Å². The molecule has 21 heavy (non-hydrogen) atoms. The molecule has 1 aliphatic heterocycles. The van der Waals surface area contributed by atoms with Crippen molar-refractivity contribution in [1.29, 1.82) is 0 Å². The summed E-state index contributed by atoms with van der Waals surface area (Å²) in [5.41, 5.74) is 0.403. The van der Waals surface area contributed by atoms with Crippen LogP contribution in [0.25, 0.3) is 0 Å². The highest BCUT2D eigenvalue weighted by molar-refractivity contribution is 6.33. The molecule has 0 aliphatic carbocycles. The first-order valence-corrected chi connectivity index (χ1v) is 7.52. The van der Waals surface area contributed by atoms with Crippen molar-refractivity contribution in [2.24, 2.45) is 0 Å². The Morgan fingerprint density at radius 3 is 2.90 bits per heavy atom. The SMILES string of the molecule is C=CCn1ncc(N(C)CCN2CCNCC2)c(Cl)c1=O. The van der Waals surface area contributed by atoms with Gasteiger partial charge in [0.05, 0.1) is 18.4 Å². The second kappa shape index (κ2) is 7.59. The third-order valence-corrected chi connectivity index (χ3v) is 4.00. The van der Waals surface area contributed by atoms with Crippen LogP contribution in [-0.4, -0.2) is 61.0 Å². The average molecular weight is 312 g/mol. The second-order valence-corrected chi connectivity index (χ2v) is 5.51. The standard InChI is InChI=1S/C14H22ClN5O/c1-3-6-20-14(21)13(15)12(11-17-20)18(2)9-10-19-7-4-16-5-8-19/h3,11,16H,1,4-10H2,2H3. The molecule has 6 nitrogen and oxygen atoms in total. The highest BCUT2D eigenvalue weighted by Gasteiger charge is 2.14. The summed E-state index contributed by atoms with van der Waals surface area (Å²) in [6.07, 6.45) is 3.27. The highest BCUT2D eigenvalue weighted by atomic mass is 35.5. The fourth-order valence-corrected chi connectivity index (χ4v) is 2.61. The van der Waals surface area contributed by atoms with Crippen LogP contribution < -0.4 is 15.8 Å². The predicted molar refractivity (Wildman–Crippen MR) is 86.3 cm³/mol. The molecule has 0 unspecified atom stereocenters. The number of halogens is 1. The lowest BCUT2D eigenvalue weighted by Crippen LogP contribution is -2.46. The lowest BCUT2D eigenvalue weighted by atomic mass is 10.3. The highest BCUT2D eigenvalue weighted by Crippen LogP contribution is 2.19. The van der Waals surface area contributed by atoms with Crippen molar-refractivity contribution >= 4 is 17.3 Å². The van der Waals surface area contributed by atoms with Crippen LogP contribution in [0.4, 0.5) is 5.69 Å². The van der Waals surface area contributed by atoms with E-state index in [1.54, 1.807) is 12.3 Å². The number of nitrogens with zero attached hydrogens (tertiary/aromatic N) is 4.